The fourth-order valence-corrected chi connectivity index (χ4v) is 4.79. The average molecular weight is 433 g/mol. The Morgan fingerprint density at radius 1 is 1.24 bits per heavy atom. The lowest BCUT2D eigenvalue weighted by Gasteiger charge is -2.13. The molecule has 3 rings (SSSR count). The molecule has 0 radical (unpaired) electrons. The first-order valence-electron chi connectivity index (χ1n) is 9.60. The summed E-state index contributed by atoms with van der Waals surface area (Å²) in [6, 6.07) is 7.46. The number of hydrogen-bond donors (Lipinski definition) is 2. The fourth-order valence-electron chi connectivity index (χ4n) is 3.22. The van der Waals surface area contributed by atoms with Crippen molar-refractivity contribution in [3.8, 4) is 5.75 Å². The number of thiocarbonyl (C=S) groups is 1. The van der Waals surface area contributed by atoms with Gasteiger partial charge in [0.1, 0.15) is 10.8 Å². The third kappa shape index (κ3) is 5.55. The minimum Gasteiger partial charge on any atom is -0.484 e. The van der Waals surface area contributed by atoms with Gasteiger partial charge in [0.05, 0.1) is 12.2 Å². The summed E-state index contributed by atoms with van der Waals surface area (Å²) in [5.41, 5.74) is 2.63. The van der Waals surface area contributed by atoms with E-state index >= 15 is 0 Å². The Kier molecular flexibility index (Phi) is 7.22. The van der Waals surface area contributed by atoms with Crippen molar-refractivity contribution in [3.05, 3.63) is 45.8 Å². The van der Waals surface area contributed by atoms with Crippen molar-refractivity contribution in [1.29, 1.82) is 0 Å². The van der Waals surface area contributed by atoms with Crippen LogP contribution in [0, 0.1) is 6.92 Å². The Hall–Kier alpha value is -2.45. The first-order valence-corrected chi connectivity index (χ1v) is 10.8. The molecule has 1 aromatic heterocycles. The molecule has 8 heteroatoms. The van der Waals surface area contributed by atoms with E-state index in [-0.39, 0.29) is 23.6 Å². The first kappa shape index (κ1) is 21.3. The van der Waals surface area contributed by atoms with Crippen LogP contribution in [-0.4, -0.2) is 30.2 Å². The smallest absolute Gasteiger partial charge is 0.341 e. The molecule has 154 valence electrons. The largest absolute Gasteiger partial charge is 0.484 e. The fraction of sp³-hybridized carbons (Fsp3) is 0.381. The number of nitrogens with one attached hydrogen (secondary N) is 2. The van der Waals surface area contributed by atoms with E-state index in [4.69, 9.17) is 21.7 Å². The molecule has 6 nitrogen and oxygen atoms in total. The molecule has 0 saturated heterocycles. The van der Waals surface area contributed by atoms with Gasteiger partial charge in [0.25, 0.3) is 5.91 Å². The average Bonchev–Trinajstić information content (AvgIpc) is 3.04. The van der Waals surface area contributed by atoms with Gasteiger partial charge in [-0.15, -0.1) is 11.3 Å². The molecular weight excluding hydrogens is 408 g/mol. The minimum atomic E-state index is -0.372. The lowest BCUT2D eigenvalue weighted by Crippen LogP contribution is -2.37. The number of thiophene rings is 1. The van der Waals surface area contributed by atoms with Gasteiger partial charge in [0.15, 0.2) is 11.7 Å². The Balaban J connectivity index is 1.63. The van der Waals surface area contributed by atoms with Crippen molar-refractivity contribution < 1.29 is 19.1 Å². The minimum absolute atomic E-state index is 0.131. The second-order valence-electron chi connectivity index (χ2n) is 6.74. The molecule has 0 saturated carbocycles. The molecule has 2 aromatic rings. The van der Waals surface area contributed by atoms with Crippen LogP contribution in [0.15, 0.2) is 24.3 Å². The van der Waals surface area contributed by atoms with Gasteiger partial charge < -0.3 is 14.8 Å². The number of benzene rings is 1. The Bertz CT molecular complexity index is 923. The number of amides is 1. The number of aryl methyl sites for hydroxylation is 2. The maximum absolute atomic E-state index is 12.5. The van der Waals surface area contributed by atoms with Crippen molar-refractivity contribution in [1.82, 2.24) is 5.32 Å². The third-order valence-electron chi connectivity index (χ3n) is 4.49. The van der Waals surface area contributed by atoms with Crippen LogP contribution in [-0.2, 0) is 22.4 Å². The molecule has 0 aliphatic heterocycles. The molecule has 1 aliphatic rings. The van der Waals surface area contributed by atoms with Crippen LogP contribution >= 0.6 is 23.6 Å². The monoisotopic (exact) mass is 432 g/mol. The molecule has 0 unspecified atom stereocenters. The standard InChI is InChI=1S/C21H24N2O4S2/c1-3-26-20(25)18-15-9-4-5-10-16(15)29-19(18)23-21(28)22-17(24)12-27-14-8-6-7-13(2)11-14/h6-8,11H,3-5,9-10,12H2,1-2H3,(H2,22,23,24,28). The second kappa shape index (κ2) is 9.84. The van der Waals surface area contributed by atoms with Crippen molar-refractivity contribution in [3.63, 3.8) is 0 Å². The van der Waals surface area contributed by atoms with Crippen LogP contribution in [0.2, 0.25) is 0 Å². The van der Waals surface area contributed by atoms with Gasteiger partial charge in [0, 0.05) is 4.88 Å². The van der Waals surface area contributed by atoms with E-state index in [9.17, 15) is 9.59 Å². The van der Waals surface area contributed by atoms with Gasteiger partial charge in [-0.1, -0.05) is 12.1 Å². The molecule has 0 atom stereocenters. The number of carbonyl (C=O) groups is 2. The zero-order valence-electron chi connectivity index (χ0n) is 16.5. The lowest BCUT2D eigenvalue weighted by molar-refractivity contribution is -0.121. The molecule has 1 aliphatic carbocycles. The highest BCUT2D eigenvalue weighted by Gasteiger charge is 2.27. The molecule has 1 aromatic carbocycles. The maximum atomic E-state index is 12.5. The summed E-state index contributed by atoms with van der Waals surface area (Å²) in [6.07, 6.45) is 3.95. The van der Waals surface area contributed by atoms with Crippen LogP contribution in [0.5, 0.6) is 5.75 Å². The van der Waals surface area contributed by atoms with Gasteiger partial charge in [-0.25, -0.2) is 4.79 Å². The van der Waals surface area contributed by atoms with Gasteiger partial charge in [0.2, 0.25) is 0 Å². The van der Waals surface area contributed by atoms with E-state index in [2.05, 4.69) is 10.6 Å². The molecule has 2 N–H and O–H groups in total. The van der Waals surface area contributed by atoms with Crippen molar-refractivity contribution in [2.24, 2.45) is 0 Å². The number of hydrogen-bond acceptors (Lipinski definition) is 6. The zero-order valence-corrected chi connectivity index (χ0v) is 18.1. The second-order valence-corrected chi connectivity index (χ2v) is 8.26. The summed E-state index contributed by atoms with van der Waals surface area (Å²) in [6.45, 7) is 3.88. The van der Waals surface area contributed by atoms with E-state index in [1.807, 2.05) is 25.1 Å². The van der Waals surface area contributed by atoms with Crippen LogP contribution < -0.4 is 15.4 Å². The number of ether oxygens (including phenoxy) is 2. The topological polar surface area (TPSA) is 76.7 Å². The number of carbonyl (C=O) groups excluding carboxylic acids is 2. The molecular formula is C21H24N2O4S2. The van der Waals surface area contributed by atoms with Gasteiger partial charge in [-0.2, -0.15) is 0 Å². The van der Waals surface area contributed by atoms with Crippen molar-refractivity contribution in [2.45, 2.75) is 39.5 Å². The van der Waals surface area contributed by atoms with E-state index in [1.165, 1.54) is 16.2 Å². The number of anilines is 1. The van der Waals surface area contributed by atoms with Gasteiger partial charge >= 0.3 is 5.97 Å². The Morgan fingerprint density at radius 3 is 2.79 bits per heavy atom. The summed E-state index contributed by atoms with van der Waals surface area (Å²) in [4.78, 5) is 25.8. The molecule has 1 amide bonds. The van der Waals surface area contributed by atoms with Crippen molar-refractivity contribution >= 4 is 45.5 Å². The SMILES string of the molecule is CCOC(=O)c1c(NC(=S)NC(=O)COc2cccc(C)c2)sc2c1CCCC2. The molecule has 0 fully saturated rings. The van der Waals surface area contributed by atoms with E-state index in [0.29, 0.717) is 22.9 Å². The summed E-state index contributed by atoms with van der Waals surface area (Å²) < 4.78 is 10.7. The van der Waals surface area contributed by atoms with Crippen LogP contribution in [0.3, 0.4) is 0 Å². The van der Waals surface area contributed by atoms with Crippen molar-refractivity contribution in [2.75, 3.05) is 18.5 Å². The zero-order chi connectivity index (χ0) is 20.8. The Labute approximate surface area is 179 Å². The molecule has 0 bridgehead atoms. The highest BCUT2D eigenvalue weighted by atomic mass is 32.1. The van der Waals surface area contributed by atoms with E-state index in [0.717, 1.165) is 36.8 Å². The lowest BCUT2D eigenvalue weighted by atomic mass is 9.95. The summed E-state index contributed by atoms with van der Waals surface area (Å²) in [7, 11) is 0. The summed E-state index contributed by atoms with van der Waals surface area (Å²) in [5, 5.41) is 6.37. The highest BCUT2D eigenvalue weighted by Crippen LogP contribution is 2.38. The quantitative estimate of drug-likeness (QED) is 0.531. The number of rotatable bonds is 6. The van der Waals surface area contributed by atoms with E-state index in [1.54, 1.807) is 13.0 Å². The predicted octanol–water partition coefficient (Wildman–Crippen LogP) is 4.00. The van der Waals surface area contributed by atoms with Gasteiger partial charge in [-0.05, 0) is 75.0 Å². The first-order chi connectivity index (χ1) is 14.0. The number of esters is 1. The highest BCUT2D eigenvalue weighted by molar-refractivity contribution is 7.80. The summed E-state index contributed by atoms with van der Waals surface area (Å²) >= 11 is 6.77. The van der Waals surface area contributed by atoms with Crippen LogP contribution in [0.4, 0.5) is 5.00 Å². The van der Waals surface area contributed by atoms with Crippen LogP contribution in [0.1, 0.15) is 46.1 Å². The molecule has 0 spiro atoms. The third-order valence-corrected chi connectivity index (χ3v) is 5.90. The van der Waals surface area contributed by atoms with Gasteiger partial charge in [-0.3, -0.25) is 10.1 Å². The predicted molar refractivity (Wildman–Crippen MR) is 118 cm³/mol. The van der Waals surface area contributed by atoms with Crippen LogP contribution in [0.25, 0.3) is 0 Å². The van der Waals surface area contributed by atoms with E-state index < -0.39 is 0 Å². The maximum Gasteiger partial charge on any atom is 0.341 e. The number of fused-ring (bicyclic) bond motifs is 1. The summed E-state index contributed by atoms with van der Waals surface area (Å²) in [5.74, 6) is -0.108. The molecule has 1 heterocycles. The normalized spacial score (nSPS) is 12.6. The molecule has 29 heavy (non-hydrogen) atoms. The Morgan fingerprint density at radius 2 is 2.03 bits per heavy atom.